The van der Waals surface area contributed by atoms with Crippen LogP contribution in [0.1, 0.15) is 17.2 Å². The fraction of sp³-hybridized carbons (Fsp3) is 0.294. The zero-order chi connectivity index (χ0) is 14.5. The lowest BCUT2D eigenvalue weighted by Crippen LogP contribution is -2.43. The van der Waals surface area contributed by atoms with Crippen LogP contribution < -0.4 is 5.32 Å². The molecule has 0 saturated carbocycles. The van der Waals surface area contributed by atoms with Crippen molar-refractivity contribution >= 4 is 11.6 Å². The van der Waals surface area contributed by atoms with Gasteiger partial charge in [0.15, 0.2) is 6.29 Å². The van der Waals surface area contributed by atoms with E-state index in [1.807, 2.05) is 42.5 Å². The maximum Gasteiger partial charge on any atom is 0.177 e. The number of ether oxygens (including phenoxy) is 2. The summed E-state index contributed by atoms with van der Waals surface area (Å²) < 4.78 is 11.7. The Bertz CT molecular complexity index is 576. The summed E-state index contributed by atoms with van der Waals surface area (Å²) >= 11 is 5.99. The van der Waals surface area contributed by atoms with Crippen LogP contribution >= 0.6 is 11.6 Å². The molecule has 1 saturated heterocycles. The normalized spacial score (nSPS) is 22.1. The van der Waals surface area contributed by atoms with Crippen molar-refractivity contribution in [3.05, 3.63) is 70.7 Å². The zero-order valence-corrected chi connectivity index (χ0v) is 12.4. The summed E-state index contributed by atoms with van der Waals surface area (Å²) in [4.78, 5) is 0. The Morgan fingerprint density at radius 3 is 2.81 bits per heavy atom. The number of morpholine rings is 1. The molecule has 1 aliphatic rings. The Morgan fingerprint density at radius 2 is 2.00 bits per heavy atom. The fourth-order valence-electron chi connectivity index (χ4n) is 2.47. The van der Waals surface area contributed by atoms with Crippen molar-refractivity contribution in [1.29, 1.82) is 0 Å². The Balaban J connectivity index is 1.67. The Kier molecular flexibility index (Phi) is 4.88. The minimum Gasteiger partial charge on any atom is -0.349 e. The van der Waals surface area contributed by atoms with Crippen LogP contribution in [0.15, 0.2) is 54.6 Å². The van der Waals surface area contributed by atoms with Crippen LogP contribution in [0.3, 0.4) is 0 Å². The van der Waals surface area contributed by atoms with Gasteiger partial charge in [-0.15, -0.1) is 0 Å². The van der Waals surface area contributed by atoms with Crippen molar-refractivity contribution in [1.82, 2.24) is 5.32 Å². The Hall–Kier alpha value is -1.39. The van der Waals surface area contributed by atoms with Crippen LogP contribution in [0, 0.1) is 0 Å². The van der Waals surface area contributed by atoms with Gasteiger partial charge in [0.05, 0.1) is 19.3 Å². The molecule has 0 aromatic heterocycles. The van der Waals surface area contributed by atoms with Gasteiger partial charge >= 0.3 is 0 Å². The molecular formula is C17H18ClNO2. The monoisotopic (exact) mass is 303 g/mol. The van der Waals surface area contributed by atoms with Crippen LogP contribution in [-0.4, -0.2) is 19.4 Å². The van der Waals surface area contributed by atoms with E-state index in [9.17, 15) is 0 Å². The van der Waals surface area contributed by atoms with Crippen molar-refractivity contribution in [3.63, 3.8) is 0 Å². The highest BCUT2D eigenvalue weighted by Crippen LogP contribution is 2.24. The molecule has 2 atom stereocenters. The van der Waals surface area contributed by atoms with Crippen molar-refractivity contribution in [2.24, 2.45) is 0 Å². The van der Waals surface area contributed by atoms with E-state index in [-0.39, 0.29) is 12.3 Å². The topological polar surface area (TPSA) is 30.5 Å². The number of hydrogen-bond acceptors (Lipinski definition) is 3. The highest BCUT2D eigenvalue weighted by atomic mass is 35.5. The molecule has 3 rings (SSSR count). The lowest BCUT2D eigenvalue weighted by Gasteiger charge is -2.33. The largest absolute Gasteiger partial charge is 0.349 e. The van der Waals surface area contributed by atoms with Crippen LogP contribution in [0.2, 0.25) is 5.02 Å². The lowest BCUT2D eigenvalue weighted by molar-refractivity contribution is -0.183. The first-order valence-corrected chi connectivity index (χ1v) is 7.47. The molecule has 2 aromatic carbocycles. The summed E-state index contributed by atoms with van der Waals surface area (Å²) in [7, 11) is 0. The molecule has 1 fully saturated rings. The third-order valence-electron chi connectivity index (χ3n) is 3.48. The summed E-state index contributed by atoms with van der Waals surface area (Å²) in [5.41, 5.74) is 2.22. The van der Waals surface area contributed by atoms with Crippen LogP contribution in [0.4, 0.5) is 0 Å². The van der Waals surface area contributed by atoms with Crippen LogP contribution in [0.5, 0.6) is 0 Å². The summed E-state index contributed by atoms with van der Waals surface area (Å²) in [5, 5.41) is 4.18. The molecule has 4 heteroatoms. The molecule has 3 nitrogen and oxygen atoms in total. The smallest absolute Gasteiger partial charge is 0.177 e. The fourth-order valence-corrected chi connectivity index (χ4v) is 2.68. The first kappa shape index (κ1) is 14.5. The van der Waals surface area contributed by atoms with Gasteiger partial charge in [-0.05, 0) is 23.3 Å². The second kappa shape index (κ2) is 7.05. The van der Waals surface area contributed by atoms with Crippen LogP contribution in [0.25, 0.3) is 0 Å². The third kappa shape index (κ3) is 3.83. The zero-order valence-electron chi connectivity index (χ0n) is 11.7. The molecule has 0 bridgehead atoms. The molecule has 21 heavy (non-hydrogen) atoms. The van der Waals surface area contributed by atoms with Crippen LogP contribution in [-0.2, 0) is 16.1 Å². The van der Waals surface area contributed by atoms with E-state index in [1.54, 1.807) is 0 Å². The summed E-state index contributed by atoms with van der Waals surface area (Å²) in [6.45, 7) is 1.97. The van der Waals surface area contributed by atoms with Gasteiger partial charge in [0.2, 0.25) is 0 Å². The average molecular weight is 304 g/mol. The molecular weight excluding hydrogens is 286 g/mol. The van der Waals surface area contributed by atoms with Gasteiger partial charge in [0.25, 0.3) is 0 Å². The van der Waals surface area contributed by atoms with E-state index >= 15 is 0 Å². The highest BCUT2D eigenvalue weighted by Gasteiger charge is 2.27. The maximum absolute atomic E-state index is 5.99. The summed E-state index contributed by atoms with van der Waals surface area (Å²) in [5.74, 6) is 0. The van der Waals surface area contributed by atoms with Crippen molar-refractivity contribution < 1.29 is 9.47 Å². The molecule has 0 radical (unpaired) electrons. The highest BCUT2D eigenvalue weighted by molar-refractivity contribution is 6.30. The second-order valence-electron chi connectivity index (χ2n) is 5.02. The Morgan fingerprint density at radius 1 is 1.14 bits per heavy atom. The molecule has 1 aliphatic heterocycles. The van der Waals surface area contributed by atoms with Gasteiger partial charge in [-0.2, -0.15) is 0 Å². The average Bonchev–Trinajstić information content (AvgIpc) is 2.54. The first-order valence-electron chi connectivity index (χ1n) is 7.09. The lowest BCUT2D eigenvalue weighted by atomic mass is 10.1. The minimum absolute atomic E-state index is 0.0548. The van der Waals surface area contributed by atoms with E-state index in [0.29, 0.717) is 13.2 Å². The third-order valence-corrected chi connectivity index (χ3v) is 3.72. The van der Waals surface area contributed by atoms with Gasteiger partial charge in [0, 0.05) is 11.6 Å². The molecule has 0 amide bonds. The molecule has 2 aromatic rings. The number of benzene rings is 2. The van der Waals surface area contributed by atoms with Gasteiger partial charge < -0.3 is 14.8 Å². The van der Waals surface area contributed by atoms with Crippen molar-refractivity contribution in [3.8, 4) is 0 Å². The SMILES string of the molecule is Clc1cccc(CO[C@H]2OCCN[C@H]2c2ccccc2)c1. The quantitative estimate of drug-likeness (QED) is 0.937. The van der Waals surface area contributed by atoms with E-state index in [1.165, 1.54) is 5.56 Å². The molecule has 0 aliphatic carbocycles. The van der Waals surface area contributed by atoms with Gasteiger partial charge in [0.1, 0.15) is 0 Å². The van der Waals surface area contributed by atoms with E-state index in [0.717, 1.165) is 17.1 Å². The molecule has 0 spiro atoms. The van der Waals surface area contributed by atoms with Gasteiger partial charge in [-0.25, -0.2) is 0 Å². The second-order valence-corrected chi connectivity index (χ2v) is 5.46. The molecule has 1 N–H and O–H groups in total. The van der Waals surface area contributed by atoms with Gasteiger partial charge in [-0.1, -0.05) is 54.1 Å². The van der Waals surface area contributed by atoms with E-state index in [2.05, 4.69) is 17.4 Å². The number of nitrogens with one attached hydrogen (secondary N) is 1. The number of rotatable bonds is 4. The predicted octanol–water partition coefficient (Wildman–Crippen LogP) is 3.54. The summed E-state index contributed by atoms with van der Waals surface area (Å²) in [6, 6.07) is 18.0. The first-order chi connectivity index (χ1) is 10.3. The van der Waals surface area contributed by atoms with Crippen molar-refractivity contribution in [2.45, 2.75) is 18.9 Å². The molecule has 0 unspecified atom stereocenters. The standard InChI is InChI=1S/C17H18ClNO2/c18-15-8-4-5-13(11-15)12-21-17-16(19-9-10-20-17)14-6-2-1-3-7-14/h1-8,11,16-17,19H,9-10,12H2/t16-,17+/m0/s1. The number of halogens is 1. The summed E-state index contributed by atoms with van der Waals surface area (Å²) in [6.07, 6.45) is -0.292. The van der Waals surface area contributed by atoms with E-state index in [4.69, 9.17) is 21.1 Å². The molecule has 1 heterocycles. The van der Waals surface area contributed by atoms with Crippen molar-refractivity contribution in [2.75, 3.05) is 13.2 Å². The molecule has 110 valence electrons. The van der Waals surface area contributed by atoms with Gasteiger partial charge in [-0.3, -0.25) is 0 Å². The Labute approximate surface area is 129 Å². The predicted molar refractivity (Wildman–Crippen MR) is 83.2 cm³/mol. The minimum atomic E-state index is -0.292. The number of hydrogen-bond donors (Lipinski definition) is 1. The maximum atomic E-state index is 5.99. The van der Waals surface area contributed by atoms with E-state index < -0.39 is 0 Å².